The number of hydrogen-bond acceptors (Lipinski definition) is 5. The summed E-state index contributed by atoms with van der Waals surface area (Å²) in [6.07, 6.45) is 0. The second kappa shape index (κ2) is 8.51. The fourth-order valence-electron chi connectivity index (χ4n) is 2.42. The third-order valence-corrected chi connectivity index (χ3v) is 3.88. The lowest BCUT2D eigenvalue weighted by molar-refractivity contribution is 0.102. The molecule has 27 heavy (non-hydrogen) atoms. The van der Waals surface area contributed by atoms with Crippen LogP contribution in [0.25, 0.3) is 0 Å². The minimum atomic E-state index is -0.194. The second-order valence-electron chi connectivity index (χ2n) is 5.74. The molecule has 2 N–H and O–H groups in total. The molecule has 6 nitrogen and oxygen atoms in total. The fourth-order valence-corrected chi connectivity index (χ4v) is 2.54. The number of nitrogens with one attached hydrogen (secondary N) is 2. The highest BCUT2D eigenvalue weighted by Gasteiger charge is 2.07. The third kappa shape index (κ3) is 5.18. The predicted octanol–water partition coefficient (Wildman–Crippen LogP) is 4.83. The van der Waals surface area contributed by atoms with Crippen LogP contribution < -0.4 is 15.4 Å². The van der Waals surface area contributed by atoms with Crippen LogP contribution in [0.2, 0.25) is 5.02 Å². The molecule has 1 heterocycles. The van der Waals surface area contributed by atoms with E-state index in [1.54, 1.807) is 30.3 Å². The zero-order chi connectivity index (χ0) is 19.2. The molecule has 0 unspecified atom stereocenters. The first-order valence-electron chi connectivity index (χ1n) is 8.46. The maximum Gasteiger partial charge on any atom is 0.255 e. The van der Waals surface area contributed by atoms with Gasteiger partial charge in [-0.15, -0.1) is 0 Å². The van der Waals surface area contributed by atoms with Gasteiger partial charge in [0, 0.05) is 28.0 Å². The van der Waals surface area contributed by atoms with Crippen molar-refractivity contribution >= 4 is 34.7 Å². The lowest BCUT2D eigenvalue weighted by atomic mass is 10.2. The lowest BCUT2D eigenvalue weighted by Crippen LogP contribution is -2.11. The molecule has 0 saturated carbocycles. The van der Waals surface area contributed by atoms with Gasteiger partial charge in [0.15, 0.2) is 0 Å². The molecule has 0 saturated heterocycles. The zero-order valence-corrected chi connectivity index (χ0v) is 15.7. The molecule has 7 heteroatoms. The molecule has 138 valence electrons. The average molecular weight is 383 g/mol. The van der Waals surface area contributed by atoms with Crippen molar-refractivity contribution in [2.45, 2.75) is 13.8 Å². The van der Waals surface area contributed by atoms with Crippen molar-refractivity contribution in [3.8, 4) is 5.88 Å². The standard InChI is InChI=1S/C20H19ClN4O2/c1-3-27-19-12-18(22-13(2)23-19)24-16-8-10-17(11-9-16)25-20(26)14-4-6-15(21)7-5-14/h4-12H,3H2,1-2H3,(H,25,26)(H,22,23,24). The molecule has 0 spiro atoms. The molecule has 2 aromatic carbocycles. The van der Waals surface area contributed by atoms with Gasteiger partial charge in [-0.2, -0.15) is 4.98 Å². The van der Waals surface area contributed by atoms with E-state index in [-0.39, 0.29) is 5.91 Å². The van der Waals surface area contributed by atoms with Gasteiger partial charge in [-0.3, -0.25) is 4.79 Å². The van der Waals surface area contributed by atoms with Gasteiger partial charge in [-0.05, 0) is 62.4 Å². The van der Waals surface area contributed by atoms with Crippen molar-refractivity contribution in [3.05, 3.63) is 71.0 Å². The van der Waals surface area contributed by atoms with Crippen molar-refractivity contribution in [2.24, 2.45) is 0 Å². The van der Waals surface area contributed by atoms with Gasteiger partial charge in [-0.25, -0.2) is 4.98 Å². The van der Waals surface area contributed by atoms with Gasteiger partial charge in [-0.1, -0.05) is 11.6 Å². The van der Waals surface area contributed by atoms with E-state index in [0.29, 0.717) is 40.4 Å². The van der Waals surface area contributed by atoms with Crippen LogP contribution in [0.15, 0.2) is 54.6 Å². The van der Waals surface area contributed by atoms with Crippen LogP contribution in [-0.4, -0.2) is 22.5 Å². The van der Waals surface area contributed by atoms with Gasteiger partial charge < -0.3 is 15.4 Å². The van der Waals surface area contributed by atoms with Crippen molar-refractivity contribution in [1.82, 2.24) is 9.97 Å². The molecule has 3 rings (SSSR count). The number of halogens is 1. The number of aryl methyl sites for hydroxylation is 1. The number of rotatable bonds is 6. The average Bonchev–Trinajstić information content (AvgIpc) is 2.64. The Balaban J connectivity index is 1.67. The molecule has 0 aliphatic heterocycles. The quantitative estimate of drug-likeness (QED) is 0.638. The first-order chi connectivity index (χ1) is 13.0. The highest BCUT2D eigenvalue weighted by atomic mass is 35.5. The Morgan fingerprint density at radius 2 is 1.70 bits per heavy atom. The summed E-state index contributed by atoms with van der Waals surface area (Å²) in [5.74, 6) is 1.60. The van der Waals surface area contributed by atoms with E-state index in [9.17, 15) is 4.79 Å². The van der Waals surface area contributed by atoms with Crippen LogP contribution in [0.1, 0.15) is 23.1 Å². The first kappa shape index (κ1) is 18.7. The molecule has 1 aromatic heterocycles. The Morgan fingerprint density at radius 3 is 2.37 bits per heavy atom. The highest BCUT2D eigenvalue weighted by molar-refractivity contribution is 6.30. The van der Waals surface area contributed by atoms with Crippen LogP contribution in [0.3, 0.4) is 0 Å². The van der Waals surface area contributed by atoms with Crippen molar-refractivity contribution in [2.75, 3.05) is 17.2 Å². The first-order valence-corrected chi connectivity index (χ1v) is 8.84. The van der Waals surface area contributed by atoms with Crippen molar-refractivity contribution in [3.63, 3.8) is 0 Å². The summed E-state index contributed by atoms with van der Waals surface area (Å²) < 4.78 is 5.43. The van der Waals surface area contributed by atoms with Crippen molar-refractivity contribution in [1.29, 1.82) is 0 Å². The SMILES string of the molecule is CCOc1cc(Nc2ccc(NC(=O)c3ccc(Cl)cc3)cc2)nc(C)n1. The van der Waals surface area contributed by atoms with E-state index >= 15 is 0 Å². The van der Waals surface area contributed by atoms with Crippen LogP contribution in [0.4, 0.5) is 17.2 Å². The number of benzene rings is 2. The van der Waals surface area contributed by atoms with E-state index in [4.69, 9.17) is 16.3 Å². The molecule has 1 amide bonds. The number of hydrogen-bond donors (Lipinski definition) is 2. The van der Waals surface area contributed by atoms with E-state index in [1.807, 2.05) is 38.1 Å². The molecular weight excluding hydrogens is 364 g/mol. The summed E-state index contributed by atoms with van der Waals surface area (Å²) in [6.45, 7) is 4.25. The van der Waals surface area contributed by atoms with E-state index in [0.717, 1.165) is 5.69 Å². The Labute approximate surface area is 162 Å². The molecule has 0 fully saturated rings. The van der Waals surface area contributed by atoms with Gasteiger partial charge >= 0.3 is 0 Å². The largest absolute Gasteiger partial charge is 0.478 e. The molecule has 0 aliphatic rings. The molecule has 0 bridgehead atoms. The number of aromatic nitrogens is 2. The molecule has 0 aliphatic carbocycles. The molecule has 3 aromatic rings. The Hall–Kier alpha value is -3.12. The summed E-state index contributed by atoms with van der Waals surface area (Å²) in [7, 11) is 0. The van der Waals surface area contributed by atoms with Crippen LogP contribution in [-0.2, 0) is 0 Å². The Morgan fingerprint density at radius 1 is 1.04 bits per heavy atom. The van der Waals surface area contributed by atoms with E-state index < -0.39 is 0 Å². The van der Waals surface area contributed by atoms with Gasteiger partial charge in [0.05, 0.1) is 6.61 Å². The number of nitrogens with zero attached hydrogens (tertiary/aromatic N) is 2. The van der Waals surface area contributed by atoms with Crippen LogP contribution >= 0.6 is 11.6 Å². The predicted molar refractivity (Wildman–Crippen MR) is 107 cm³/mol. The minimum Gasteiger partial charge on any atom is -0.478 e. The fraction of sp³-hybridized carbons (Fsp3) is 0.150. The number of carbonyl (C=O) groups is 1. The van der Waals surface area contributed by atoms with E-state index in [2.05, 4.69) is 20.6 Å². The number of amides is 1. The maximum atomic E-state index is 12.2. The monoisotopic (exact) mass is 382 g/mol. The maximum absolute atomic E-state index is 12.2. The van der Waals surface area contributed by atoms with Crippen LogP contribution in [0, 0.1) is 6.92 Å². The number of carbonyl (C=O) groups excluding carboxylic acids is 1. The summed E-state index contributed by atoms with van der Waals surface area (Å²) in [5.41, 5.74) is 2.07. The zero-order valence-electron chi connectivity index (χ0n) is 15.0. The second-order valence-corrected chi connectivity index (χ2v) is 6.17. The summed E-state index contributed by atoms with van der Waals surface area (Å²) in [4.78, 5) is 20.8. The van der Waals surface area contributed by atoms with Crippen LogP contribution in [0.5, 0.6) is 5.88 Å². The molecular formula is C20H19ClN4O2. The number of ether oxygens (including phenoxy) is 1. The summed E-state index contributed by atoms with van der Waals surface area (Å²) in [5, 5.41) is 6.64. The Bertz CT molecular complexity index is 928. The van der Waals surface area contributed by atoms with Crippen molar-refractivity contribution < 1.29 is 9.53 Å². The summed E-state index contributed by atoms with van der Waals surface area (Å²) in [6, 6.07) is 15.8. The van der Waals surface area contributed by atoms with E-state index in [1.165, 1.54) is 0 Å². The smallest absolute Gasteiger partial charge is 0.255 e. The Kier molecular flexibility index (Phi) is 5.88. The minimum absolute atomic E-state index is 0.194. The van der Waals surface area contributed by atoms with Gasteiger partial charge in [0.25, 0.3) is 5.91 Å². The number of anilines is 3. The topological polar surface area (TPSA) is 76.1 Å². The lowest BCUT2D eigenvalue weighted by Gasteiger charge is -2.10. The van der Waals surface area contributed by atoms with Gasteiger partial charge in [0.2, 0.25) is 5.88 Å². The summed E-state index contributed by atoms with van der Waals surface area (Å²) >= 11 is 5.84. The van der Waals surface area contributed by atoms with Gasteiger partial charge in [0.1, 0.15) is 11.6 Å². The normalized spacial score (nSPS) is 10.3. The molecule has 0 atom stereocenters. The highest BCUT2D eigenvalue weighted by Crippen LogP contribution is 2.21. The molecule has 0 radical (unpaired) electrons. The third-order valence-electron chi connectivity index (χ3n) is 3.63.